The minimum atomic E-state index is -0.252. The molecule has 0 bridgehead atoms. The molecule has 2 aromatic heterocycles. The summed E-state index contributed by atoms with van der Waals surface area (Å²) in [4.78, 5) is 16.1. The van der Waals surface area contributed by atoms with E-state index in [1.54, 1.807) is 47.7 Å². The van der Waals surface area contributed by atoms with Gasteiger partial charge in [0, 0.05) is 30.4 Å². The van der Waals surface area contributed by atoms with E-state index in [-0.39, 0.29) is 5.91 Å². The van der Waals surface area contributed by atoms with Crippen LogP contribution < -0.4 is 5.43 Å². The molecule has 6 nitrogen and oxygen atoms in total. The smallest absolute Gasteiger partial charge is 0.268 e. The molecule has 23 heavy (non-hydrogen) atoms. The number of nitrogens with zero attached hydrogens (tertiary/aromatic N) is 4. The Bertz CT molecular complexity index is 797. The van der Waals surface area contributed by atoms with Crippen LogP contribution in [0.2, 0.25) is 0 Å². The molecule has 114 valence electrons. The molecule has 0 saturated heterocycles. The first-order valence-electron chi connectivity index (χ1n) is 7.11. The molecule has 1 aromatic carbocycles. The summed E-state index contributed by atoms with van der Waals surface area (Å²) in [6.45, 7) is 0.619. The lowest BCUT2D eigenvalue weighted by molar-refractivity contribution is 0.0955. The second-order valence-electron chi connectivity index (χ2n) is 4.88. The number of carbonyl (C=O) groups excluding carboxylic acids is 1. The van der Waals surface area contributed by atoms with Crippen LogP contribution in [0.25, 0.3) is 0 Å². The zero-order chi connectivity index (χ0) is 15.9. The predicted octanol–water partition coefficient (Wildman–Crippen LogP) is 2.09. The van der Waals surface area contributed by atoms with Crippen LogP contribution in [0.15, 0.2) is 72.4 Å². The van der Waals surface area contributed by atoms with Gasteiger partial charge in [-0.25, -0.2) is 5.43 Å². The average Bonchev–Trinajstić information content (AvgIpc) is 3.09. The Labute approximate surface area is 133 Å². The van der Waals surface area contributed by atoms with E-state index in [1.165, 1.54) is 0 Å². The van der Waals surface area contributed by atoms with Gasteiger partial charge in [0.15, 0.2) is 0 Å². The van der Waals surface area contributed by atoms with E-state index >= 15 is 0 Å². The van der Waals surface area contributed by atoms with Crippen molar-refractivity contribution in [3.05, 3.63) is 83.9 Å². The Morgan fingerprint density at radius 1 is 1.17 bits per heavy atom. The molecular formula is C17H15N5O. The SMILES string of the molecule is O=C(N/N=C\c1ccncc1)c1cccc(Cn2cccn2)c1. The summed E-state index contributed by atoms with van der Waals surface area (Å²) in [5.74, 6) is -0.252. The van der Waals surface area contributed by atoms with Crippen molar-refractivity contribution in [2.75, 3.05) is 0 Å². The van der Waals surface area contributed by atoms with Crippen molar-refractivity contribution in [1.82, 2.24) is 20.2 Å². The zero-order valence-electron chi connectivity index (χ0n) is 12.3. The summed E-state index contributed by atoms with van der Waals surface area (Å²) in [5.41, 5.74) is 4.95. The molecule has 2 heterocycles. The van der Waals surface area contributed by atoms with Crippen LogP contribution in [0.1, 0.15) is 21.5 Å². The van der Waals surface area contributed by atoms with Crippen molar-refractivity contribution in [2.45, 2.75) is 6.54 Å². The standard InChI is InChI=1S/C17H15N5O/c23-17(21-19-12-14-5-8-18-9-6-14)16-4-1-3-15(11-16)13-22-10-2-7-20-22/h1-12H,13H2,(H,21,23)/b19-12-. The van der Waals surface area contributed by atoms with E-state index in [4.69, 9.17) is 0 Å². The molecular weight excluding hydrogens is 290 g/mol. The van der Waals surface area contributed by atoms with E-state index in [0.29, 0.717) is 12.1 Å². The average molecular weight is 305 g/mol. The molecule has 0 saturated carbocycles. The lowest BCUT2D eigenvalue weighted by Crippen LogP contribution is -2.18. The molecule has 1 N–H and O–H groups in total. The molecule has 0 aliphatic heterocycles. The third-order valence-corrected chi connectivity index (χ3v) is 3.18. The fourth-order valence-electron chi connectivity index (χ4n) is 2.07. The molecule has 3 rings (SSSR count). The third kappa shape index (κ3) is 4.10. The fraction of sp³-hybridized carbons (Fsp3) is 0.0588. The highest BCUT2D eigenvalue weighted by Gasteiger charge is 2.05. The third-order valence-electron chi connectivity index (χ3n) is 3.18. The largest absolute Gasteiger partial charge is 0.271 e. The first kappa shape index (κ1) is 14.6. The Hall–Kier alpha value is -3.28. The van der Waals surface area contributed by atoms with E-state index < -0.39 is 0 Å². The number of carbonyl (C=O) groups is 1. The van der Waals surface area contributed by atoms with Crippen molar-refractivity contribution >= 4 is 12.1 Å². The lowest BCUT2D eigenvalue weighted by Gasteiger charge is -2.05. The van der Waals surface area contributed by atoms with Gasteiger partial charge in [0.2, 0.25) is 0 Å². The van der Waals surface area contributed by atoms with Gasteiger partial charge in [0.05, 0.1) is 12.8 Å². The molecule has 0 radical (unpaired) electrons. The van der Waals surface area contributed by atoms with E-state index in [9.17, 15) is 4.79 Å². The molecule has 0 atom stereocenters. The lowest BCUT2D eigenvalue weighted by atomic mass is 10.1. The predicted molar refractivity (Wildman–Crippen MR) is 87.1 cm³/mol. The number of amides is 1. The van der Waals surface area contributed by atoms with Crippen LogP contribution in [0.3, 0.4) is 0 Å². The quantitative estimate of drug-likeness (QED) is 0.579. The summed E-state index contributed by atoms with van der Waals surface area (Å²) in [6, 6.07) is 12.9. The minimum absolute atomic E-state index is 0.252. The van der Waals surface area contributed by atoms with Gasteiger partial charge in [-0.1, -0.05) is 12.1 Å². The van der Waals surface area contributed by atoms with Crippen molar-refractivity contribution in [3.8, 4) is 0 Å². The molecule has 0 unspecified atom stereocenters. The first-order chi connectivity index (χ1) is 11.3. The maximum absolute atomic E-state index is 12.1. The van der Waals surface area contributed by atoms with Crippen LogP contribution in [-0.2, 0) is 6.54 Å². The molecule has 0 fully saturated rings. The number of pyridine rings is 1. The van der Waals surface area contributed by atoms with E-state index in [1.807, 2.05) is 30.5 Å². The normalized spacial score (nSPS) is 10.8. The number of aromatic nitrogens is 3. The van der Waals surface area contributed by atoms with Crippen LogP contribution >= 0.6 is 0 Å². The van der Waals surface area contributed by atoms with Crippen molar-refractivity contribution in [1.29, 1.82) is 0 Å². The highest BCUT2D eigenvalue weighted by atomic mass is 16.2. The minimum Gasteiger partial charge on any atom is -0.268 e. The van der Waals surface area contributed by atoms with E-state index in [0.717, 1.165) is 11.1 Å². The van der Waals surface area contributed by atoms with Gasteiger partial charge in [-0.05, 0) is 41.5 Å². The van der Waals surface area contributed by atoms with Gasteiger partial charge in [-0.2, -0.15) is 10.2 Å². The molecule has 0 aliphatic carbocycles. The molecule has 0 spiro atoms. The highest BCUT2D eigenvalue weighted by molar-refractivity contribution is 5.95. The van der Waals surface area contributed by atoms with Crippen LogP contribution in [0.4, 0.5) is 0 Å². The van der Waals surface area contributed by atoms with Gasteiger partial charge in [0.1, 0.15) is 0 Å². The second-order valence-corrected chi connectivity index (χ2v) is 4.88. The Kier molecular flexibility index (Phi) is 4.54. The molecule has 0 aliphatic rings. The summed E-state index contributed by atoms with van der Waals surface area (Å²) in [5, 5.41) is 8.11. The summed E-state index contributed by atoms with van der Waals surface area (Å²) < 4.78 is 1.80. The van der Waals surface area contributed by atoms with Crippen molar-refractivity contribution in [3.63, 3.8) is 0 Å². The molecule has 1 amide bonds. The van der Waals surface area contributed by atoms with E-state index in [2.05, 4.69) is 20.6 Å². The summed E-state index contributed by atoms with van der Waals surface area (Å²) in [6.07, 6.45) is 8.52. The number of hydrazone groups is 1. The summed E-state index contributed by atoms with van der Waals surface area (Å²) in [7, 11) is 0. The van der Waals surface area contributed by atoms with Gasteiger partial charge in [0.25, 0.3) is 5.91 Å². The second kappa shape index (κ2) is 7.13. The zero-order valence-corrected chi connectivity index (χ0v) is 12.3. The number of nitrogens with one attached hydrogen (secondary N) is 1. The fourth-order valence-corrected chi connectivity index (χ4v) is 2.07. The first-order valence-corrected chi connectivity index (χ1v) is 7.11. The monoisotopic (exact) mass is 305 g/mol. The van der Waals surface area contributed by atoms with Gasteiger partial charge < -0.3 is 0 Å². The molecule has 3 aromatic rings. The summed E-state index contributed by atoms with van der Waals surface area (Å²) >= 11 is 0. The van der Waals surface area contributed by atoms with Crippen LogP contribution in [0.5, 0.6) is 0 Å². The Balaban J connectivity index is 1.64. The van der Waals surface area contributed by atoms with Gasteiger partial charge in [-0.3, -0.25) is 14.5 Å². The van der Waals surface area contributed by atoms with Gasteiger partial charge >= 0.3 is 0 Å². The maximum Gasteiger partial charge on any atom is 0.271 e. The number of hydrogen-bond donors (Lipinski definition) is 1. The molecule has 6 heteroatoms. The Morgan fingerprint density at radius 3 is 2.83 bits per heavy atom. The van der Waals surface area contributed by atoms with Gasteiger partial charge in [-0.15, -0.1) is 0 Å². The van der Waals surface area contributed by atoms with Crippen LogP contribution in [0, 0.1) is 0 Å². The van der Waals surface area contributed by atoms with Crippen molar-refractivity contribution < 1.29 is 4.79 Å². The number of hydrogen-bond acceptors (Lipinski definition) is 4. The topological polar surface area (TPSA) is 72.2 Å². The number of rotatable bonds is 5. The van der Waals surface area contributed by atoms with Crippen molar-refractivity contribution in [2.24, 2.45) is 5.10 Å². The maximum atomic E-state index is 12.1. The number of benzene rings is 1. The van der Waals surface area contributed by atoms with Crippen LogP contribution in [-0.4, -0.2) is 26.9 Å². The Morgan fingerprint density at radius 2 is 2.04 bits per heavy atom. The highest BCUT2D eigenvalue weighted by Crippen LogP contribution is 2.07.